The number of hydrogen-bond donors (Lipinski definition) is 0. The summed E-state index contributed by atoms with van der Waals surface area (Å²) in [5, 5.41) is -0.587. The average molecular weight is 476 g/mol. The van der Waals surface area contributed by atoms with Crippen molar-refractivity contribution in [1.82, 2.24) is 4.90 Å². The third kappa shape index (κ3) is 5.77. The van der Waals surface area contributed by atoms with E-state index in [0.717, 1.165) is 10.5 Å². The molecule has 2 aromatic rings. The summed E-state index contributed by atoms with van der Waals surface area (Å²) in [6.45, 7) is 4.70. The number of imide groups is 1. The molecule has 0 spiro atoms. The van der Waals surface area contributed by atoms with E-state index in [1.54, 1.807) is 38.1 Å². The fourth-order valence-electron chi connectivity index (χ4n) is 2.75. The zero-order chi connectivity index (χ0) is 23.5. The van der Waals surface area contributed by atoms with E-state index >= 15 is 0 Å². The van der Waals surface area contributed by atoms with Gasteiger partial charge in [0.15, 0.2) is 0 Å². The highest BCUT2D eigenvalue weighted by atomic mass is 32.2. The minimum absolute atomic E-state index is 0.0166. The lowest BCUT2D eigenvalue weighted by molar-refractivity contribution is -0.149. The molecule has 3 rings (SSSR count). The quantitative estimate of drug-likeness (QED) is 0.339. The van der Waals surface area contributed by atoms with Crippen LogP contribution in [0, 0.1) is 6.92 Å². The Hall–Kier alpha value is -3.11. The number of thioether (sulfide) groups is 1. The number of carbonyl (C=O) groups is 3. The SMILES string of the molecule is Cc1ccc(S(=O)(=O)Oc2cccc(/C=C3\SC(=O)N(CC(=O)OC(C)C)C3=O)c2)cc1. The molecule has 1 fully saturated rings. The zero-order valence-corrected chi connectivity index (χ0v) is 19.2. The number of rotatable bonds is 7. The van der Waals surface area contributed by atoms with Crippen LogP contribution in [-0.2, 0) is 24.4 Å². The molecule has 8 nitrogen and oxygen atoms in total. The first kappa shape index (κ1) is 23.6. The van der Waals surface area contributed by atoms with E-state index in [2.05, 4.69) is 0 Å². The third-order valence-electron chi connectivity index (χ3n) is 4.20. The van der Waals surface area contributed by atoms with Gasteiger partial charge in [0.25, 0.3) is 11.1 Å². The Morgan fingerprint density at radius 1 is 1.12 bits per heavy atom. The molecule has 2 amide bonds. The highest BCUT2D eigenvalue weighted by molar-refractivity contribution is 8.18. The molecule has 0 radical (unpaired) electrons. The van der Waals surface area contributed by atoms with Gasteiger partial charge in [-0.1, -0.05) is 29.8 Å². The number of nitrogens with zero attached hydrogens (tertiary/aromatic N) is 1. The Labute approximate surface area is 190 Å². The number of amides is 2. The summed E-state index contributed by atoms with van der Waals surface area (Å²) in [6.07, 6.45) is 1.07. The molecular weight excluding hydrogens is 454 g/mol. The minimum atomic E-state index is -4.03. The van der Waals surface area contributed by atoms with Crippen LogP contribution in [0.4, 0.5) is 4.79 Å². The fourth-order valence-corrected chi connectivity index (χ4v) is 4.51. The van der Waals surface area contributed by atoms with Crippen molar-refractivity contribution in [2.45, 2.75) is 31.8 Å². The number of esters is 1. The molecule has 0 aromatic heterocycles. The second-order valence-corrected chi connectivity index (χ2v) is 9.77. The van der Waals surface area contributed by atoms with Gasteiger partial charge in [-0.3, -0.25) is 19.3 Å². The molecule has 1 heterocycles. The van der Waals surface area contributed by atoms with Crippen LogP contribution in [0.1, 0.15) is 25.0 Å². The van der Waals surface area contributed by atoms with Gasteiger partial charge < -0.3 is 8.92 Å². The van der Waals surface area contributed by atoms with E-state index in [1.165, 1.54) is 30.3 Å². The van der Waals surface area contributed by atoms with Crippen molar-refractivity contribution in [3.05, 3.63) is 64.6 Å². The first-order valence-corrected chi connectivity index (χ1v) is 11.8. The Bertz CT molecular complexity index is 1190. The van der Waals surface area contributed by atoms with Gasteiger partial charge in [0.1, 0.15) is 17.2 Å². The largest absolute Gasteiger partial charge is 0.462 e. The van der Waals surface area contributed by atoms with Crippen molar-refractivity contribution in [3.8, 4) is 5.75 Å². The van der Waals surface area contributed by atoms with Gasteiger partial charge in [0.2, 0.25) is 0 Å². The van der Waals surface area contributed by atoms with E-state index in [-0.39, 0.29) is 21.7 Å². The molecule has 0 aliphatic carbocycles. The molecule has 0 unspecified atom stereocenters. The van der Waals surface area contributed by atoms with Crippen LogP contribution < -0.4 is 4.18 Å². The van der Waals surface area contributed by atoms with Crippen LogP contribution in [0.5, 0.6) is 5.75 Å². The number of hydrogen-bond acceptors (Lipinski definition) is 8. The molecule has 0 bridgehead atoms. The van der Waals surface area contributed by atoms with Crippen molar-refractivity contribution < 1.29 is 31.7 Å². The van der Waals surface area contributed by atoms with Crippen molar-refractivity contribution in [2.75, 3.05) is 6.54 Å². The van der Waals surface area contributed by atoms with Crippen molar-refractivity contribution in [3.63, 3.8) is 0 Å². The molecule has 0 atom stereocenters. The predicted molar refractivity (Wildman–Crippen MR) is 119 cm³/mol. The van der Waals surface area contributed by atoms with Gasteiger partial charge in [-0.2, -0.15) is 8.42 Å². The van der Waals surface area contributed by atoms with Crippen molar-refractivity contribution in [1.29, 1.82) is 0 Å². The maximum atomic E-state index is 12.5. The van der Waals surface area contributed by atoms with Crippen LogP contribution in [-0.4, -0.2) is 43.1 Å². The lowest BCUT2D eigenvalue weighted by Crippen LogP contribution is -2.35. The average Bonchev–Trinajstić information content (AvgIpc) is 2.95. The summed E-state index contributed by atoms with van der Waals surface area (Å²) in [5.41, 5.74) is 1.37. The maximum Gasteiger partial charge on any atom is 0.339 e. The molecular formula is C22H21NO7S2. The normalized spacial score (nSPS) is 15.5. The minimum Gasteiger partial charge on any atom is -0.462 e. The lowest BCUT2D eigenvalue weighted by atomic mass is 10.2. The predicted octanol–water partition coefficient (Wildman–Crippen LogP) is 3.75. The van der Waals surface area contributed by atoms with Gasteiger partial charge in [0, 0.05) is 0 Å². The zero-order valence-electron chi connectivity index (χ0n) is 17.6. The van der Waals surface area contributed by atoms with Crippen LogP contribution in [0.3, 0.4) is 0 Å². The van der Waals surface area contributed by atoms with E-state index in [9.17, 15) is 22.8 Å². The summed E-state index contributed by atoms with van der Waals surface area (Å²) in [7, 11) is -4.03. The Morgan fingerprint density at radius 2 is 1.81 bits per heavy atom. The van der Waals surface area contributed by atoms with Gasteiger partial charge in [-0.05, 0) is 68.4 Å². The molecule has 0 N–H and O–H groups in total. The van der Waals surface area contributed by atoms with Crippen molar-refractivity contribution in [2.24, 2.45) is 0 Å². The van der Waals surface area contributed by atoms with Gasteiger partial charge in [0.05, 0.1) is 11.0 Å². The van der Waals surface area contributed by atoms with E-state index in [0.29, 0.717) is 17.3 Å². The smallest absolute Gasteiger partial charge is 0.339 e. The standard InChI is InChI=1S/C22H21NO7S2/c1-14(2)29-20(24)13-23-21(25)19(31-22(23)26)12-16-5-4-6-17(11-16)30-32(27,28)18-9-7-15(3)8-10-18/h4-12,14H,13H2,1-3H3/b19-12-. The number of carbonyl (C=O) groups excluding carboxylic acids is 3. The molecule has 1 saturated heterocycles. The summed E-state index contributed by atoms with van der Waals surface area (Å²) in [4.78, 5) is 37.4. The maximum absolute atomic E-state index is 12.5. The summed E-state index contributed by atoms with van der Waals surface area (Å²) in [6, 6.07) is 12.3. The Morgan fingerprint density at radius 3 is 2.47 bits per heavy atom. The second-order valence-electron chi connectivity index (χ2n) is 7.23. The van der Waals surface area contributed by atoms with E-state index in [1.807, 2.05) is 6.92 Å². The fraction of sp³-hybridized carbons (Fsp3) is 0.227. The van der Waals surface area contributed by atoms with Gasteiger partial charge in [-0.25, -0.2) is 0 Å². The molecule has 32 heavy (non-hydrogen) atoms. The molecule has 168 valence electrons. The first-order chi connectivity index (χ1) is 15.0. The monoisotopic (exact) mass is 475 g/mol. The second kappa shape index (κ2) is 9.58. The third-order valence-corrected chi connectivity index (χ3v) is 6.37. The highest BCUT2D eigenvalue weighted by Gasteiger charge is 2.36. The van der Waals surface area contributed by atoms with Crippen molar-refractivity contribution >= 4 is 45.1 Å². The number of ether oxygens (including phenoxy) is 1. The van der Waals surface area contributed by atoms with Gasteiger partial charge >= 0.3 is 16.1 Å². The molecule has 2 aromatic carbocycles. The van der Waals surface area contributed by atoms with Crippen LogP contribution in [0.15, 0.2) is 58.3 Å². The molecule has 1 aliphatic rings. The number of benzene rings is 2. The summed E-state index contributed by atoms with van der Waals surface area (Å²) in [5.74, 6) is -1.25. The van der Waals surface area contributed by atoms with E-state index in [4.69, 9.17) is 8.92 Å². The van der Waals surface area contributed by atoms with Crippen LogP contribution in [0.2, 0.25) is 0 Å². The molecule has 0 saturated carbocycles. The first-order valence-electron chi connectivity index (χ1n) is 9.61. The summed E-state index contributed by atoms with van der Waals surface area (Å²) >= 11 is 0.686. The lowest BCUT2D eigenvalue weighted by Gasteiger charge is -2.13. The number of aryl methyl sites for hydroxylation is 1. The van der Waals surface area contributed by atoms with Crippen LogP contribution >= 0.6 is 11.8 Å². The summed E-state index contributed by atoms with van der Waals surface area (Å²) < 4.78 is 35.2. The molecule has 1 aliphatic heterocycles. The van der Waals surface area contributed by atoms with Crippen LogP contribution in [0.25, 0.3) is 6.08 Å². The topological polar surface area (TPSA) is 107 Å². The highest BCUT2D eigenvalue weighted by Crippen LogP contribution is 2.32. The van der Waals surface area contributed by atoms with E-state index < -0.39 is 33.8 Å². The molecule has 10 heteroatoms. The Balaban J connectivity index is 1.76. The van der Waals surface area contributed by atoms with Gasteiger partial charge in [-0.15, -0.1) is 0 Å². The Kier molecular flexibility index (Phi) is 7.05.